The Bertz CT molecular complexity index is 1370. The number of halogens is 1. The molecule has 0 saturated heterocycles. The van der Waals surface area contributed by atoms with Gasteiger partial charge in [0.1, 0.15) is 5.69 Å². The van der Waals surface area contributed by atoms with E-state index < -0.39 is 0 Å². The van der Waals surface area contributed by atoms with Crippen molar-refractivity contribution in [2.24, 2.45) is 23.0 Å². The summed E-state index contributed by atoms with van der Waals surface area (Å²) >= 11 is 1.64. The molecule has 6 nitrogen and oxygen atoms in total. The maximum atomic E-state index is 11.5. The zero-order chi connectivity index (χ0) is 22.9. The number of hydrogen-bond acceptors (Lipinski definition) is 5. The first-order chi connectivity index (χ1) is 16.0. The monoisotopic (exact) mass is 491 g/mol. The second-order valence-electron chi connectivity index (χ2n) is 8.18. The molecule has 4 aromatic rings. The lowest BCUT2D eigenvalue weighted by Crippen LogP contribution is -2.31. The van der Waals surface area contributed by atoms with Gasteiger partial charge in [-0.2, -0.15) is 10.2 Å². The molecule has 0 bridgehead atoms. The van der Waals surface area contributed by atoms with E-state index in [4.69, 9.17) is 16.0 Å². The molecule has 2 heterocycles. The Kier molecular flexibility index (Phi) is 6.95. The van der Waals surface area contributed by atoms with E-state index in [0.29, 0.717) is 6.54 Å². The molecule has 3 aromatic carbocycles. The number of aromatic nitrogens is 1. The van der Waals surface area contributed by atoms with Crippen LogP contribution < -0.4 is 10.6 Å². The van der Waals surface area contributed by atoms with Gasteiger partial charge < -0.3 is 15.2 Å². The zero-order valence-corrected chi connectivity index (χ0v) is 20.6. The molecule has 34 heavy (non-hydrogen) atoms. The summed E-state index contributed by atoms with van der Waals surface area (Å²) in [5.74, 6) is -0.323. The lowest BCUT2D eigenvalue weighted by atomic mass is 10.1. The van der Waals surface area contributed by atoms with E-state index in [9.17, 15) is 4.79 Å². The normalized spacial score (nSPS) is 15.0. The van der Waals surface area contributed by atoms with Crippen molar-refractivity contribution >= 4 is 52.4 Å². The SMILES string of the molecule is Cc1ccc(-c2c(N=NC3Sc4ccccc4N3CCC(N)=O)c3ccccc3n2C)cc1.Cl. The number of thioether (sulfide) groups is 1. The molecule has 1 amide bonds. The van der Waals surface area contributed by atoms with Crippen LogP contribution in [-0.2, 0) is 11.8 Å². The van der Waals surface area contributed by atoms with E-state index in [1.54, 1.807) is 11.8 Å². The fourth-order valence-corrected chi connectivity index (χ4v) is 5.39. The maximum absolute atomic E-state index is 11.5. The molecule has 1 atom stereocenters. The molecule has 8 heteroatoms. The van der Waals surface area contributed by atoms with Gasteiger partial charge in [-0.05, 0) is 25.1 Å². The highest BCUT2D eigenvalue weighted by molar-refractivity contribution is 8.00. The number of aryl methyl sites for hydroxylation is 2. The van der Waals surface area contributed by atoms with E-state index in [2.05, 4.69) is 72.0 Å². The predicted molar refractivity (Wildman–Crippen MR) is 142 cm³/mol. The van der Waals surface area contributed by atoms with Crippen molar-refractivity contribution in [3.05, 3.63) is 78.4 Å². The quantitative estimate of drug-likeness (QED) is 0.316. The van der Waals surface area contributed by atoms with Crippen LogP contribution in [0.1, 0.15) is 12.0 Å². The molecule has 0 fully saturated rings. The molecule has 0 radical (unpaired) electrons. The van der Waals surface area contributed by atoms with Crippen LogP contribution >= 0.6 is 24.2 Å². The predicted octanol–water partition coefficient (Wildman–Crippen LogP) is 6.43. The van der Waals surface area contributed by atoms with Crippen LogP contribution in [0.2, 0.25) is 0 Å². The van der Waals surface area contributed by atoms with Gasteiger partial charge >= 0.3 is 0 Å². The highest BCUT2D eigenvalue weighted by Gasteiger charge is 2.30. The number of carbonyl (C=O) groups is 1. The summed E-state index contributed by atoms with van der Waals surface area (Å²) in [6.45, 7) is 2.59. The molecular weight excluding hydrogens is 466 g/mol. The lowest BCUT2D eigenvalue weighted by Gasteiger charge is -2.22. The van der Waals surface area contributed by atoms with E-state index in [1.807, 2.05) is 24.3 Å². The van der Waals surface area contributed by atoms with Crippen LogP contribution in [0.15, 0.2) is 87.9 Å². The Morgan fingerprint density at radius 2 is 1.74 bits per heavy atom. The van der Waals surface area contributed by atoms with Crippen LogP contribution in [0.4, 0.5) is 11.4 Å². The molecular formula is C26H26ClN5OS. The van der Waals surface area contributed by atoms with E-state index in [-0.39, 0.29) is 30.2 Å². The highest BCUT2D eigenvalue weighted by Crippen LogP contribution is 2.45. The van der Waals surface area contributed by atoms with E-state index in [0.717, 1.165) is 38.4 Å². The summed E-state index contributed by atoms with van der Waals surface area (Å²) in [6.07, 6.45) is 0.268. The first kappa shape index (κ1) is 23.9. The number of nitrogens with two attached hydrogens (primary N) is 1. The van der Waals surface area contributed by atoms with Gasteiger partial charge in [0.05, 0.1) is 16.9 Å². The molecule has 1 unspecified atom stereocenters. The van der Waals surface area contributed by atoms with Gasteiger partial charge in [-0.15, -0.1) is 12.4 Å². The third kappa shape index (κ3) is 4.41. The van der Waals surface area contributed by atoms with Crippen LogP contribution in [0, 0.1) is 6.92 Å². The highest BCUT2D eigenvalue weighted by atomic mass is 35.5. The van der Waals surface area contributed by atoms with Crippen molar-refractivity contribution in [2.45, 2.75) is 23.7 Å². The summed E-state index contributed by atoms with van der Waals surface area (Å²) in [4.78, 5) is 14.7. The number of rotatable bonds is 6. The Morgan fingerprint density at radius 3 is 2.50 bits per heavy atom. The van der Waals surface area contributed by atoms with Gasteiger partial charge in [0.25, 0.3) is 0 Å². The molecule has 1 aromatic heterocycles. The van der Waals surface area contributed by atoms with Crippen molar-refractivity contribution in [3.8, 4) is 11.3 Å². The molecule has 0 saturated carbocycles. The Morgan fingerprint density at radius 1 is 1.03 bits per heavy atom. The van der Waals surface area contributed by atoms with Crippen LogP contribution in [0.5, 0.6) is 0 Å². The first-order valence-electron chi connectivity index (χ1n) is 10.9. The van der Waals surface area contributed by atoms with E-state index >= 15 is 0 Å². The molecule has 1 aliphatic heterocycles. The number of fused-ring (bicyclic) bond motifs is 2. The minimum atomic E-state index is -0.323. The maximum Gasteiger partial charge on any atom is 0.219 e. The second-order valence-corrected chi connectivity index (χ2v) is 9.27. The smallest absolute Gasteiger partial charge is 0.219 e. The number of nitrogens with zero attached hydrogens (tertiary/aromatic N) is 4. The van der Waals surface area contributed by atoms with Gasteiger partial charge in [0.2, 0.25) is 5.91 Å². The summed E-state index contributed by atoms with van der Waals surface area (Å²) in [6, 6.07) is 24.9. The second kappa shape index (κ2) is 9.91. The molecule has 0 aliphatic carbocycles. The summed E-state index contributed by atoms with van der Waals surface area (Å²) in [5.41, 5.74) is 11.5. The molecule has 0 spiro atoms. The molecule has 5 rings (SSSR count). The fourth-order valence-electron chi connectivity index (χ4n) is 4.26. The van der Waals surface area contributed by atoms with Crippen molar-refractivity contribution in [1.82, 2.24) is 4.57 Å². The minimum Gasteiger partial charge on any atom is -0.370 e. The molecule has 174 valence electrons. The standard InChI is InChI=1S/C26H25N5OS.ClH/c1-17-11-13-18(14-12-17)25-24(19-7-3-4-8-20(19)30(25)2)28-29-26-31(16-15-23(27)32)21-9-5-6-10-22(21)33-26;/h3-14,26H,15-16H2,1-2H3,(H2,27,32);1H. The Labute approximate surface area is 209 Å². The van der Waals surface area contributed by atoms with Crippen molar-refractivity contribution < 1.29 is 4.79 Å². The van der Waals surface area contributed by atoms with Crippen molar-refractivity contribution in [1.29, 1.82) is 0 Å². The van der Waals surface area contributed by atoms with Crippen molar-refractivity contribution in [3.63, 3.8) is 0 Å². The number of hydrogen-bond donors (Lipinski definition) is 1. The average molecular weight is 492 g/mol. The number of para-hydroxylation sites is 2. The number of primary amides is 1. The summed E-state index contributed by atoms with van der Waals surface area (Å²) in [7, 11) is 2.07. The fraction of sp³-hybridized carbons (Fsp3) is 0.192. The lowest BCUT2D eigenvalue weighted by molar-refractivity contribution is -0.117. The van der Waals surface area contributed by atoms with Crippen molar-refractivity contribution in [2.75, 3.05) is 11.4 Å². The van der Waals surface area contributed by atoms with Crippen LogP contribution in [0.3, 0.4) is 0 Å². The number of anilines is 1. The third-order valence-corrected chi connectivity index (χ3v) is 7.09. The number of carbonyl (C=O) groups excluding carboxylic acids is 1. The molecule has 2 N–H and O–H groups in total. The third-order valence-electron chi connectivity index (χ3n) is 5.93. The Balaban J connectivity index is 0.00000274. The summed E-state index contributed by atoms with van der Waals surface area (Å²) in [5, 5.41) is 10.7. The van der Waals surface area contributed by atoms with Gasteiger partial charge in [0.15, 0.2) is 5.50 Å². The number of amides is 1. The zero-order valence-electron chi connectivity index (χ0n) is 19.0. The topological polar surface area (TPSA) is 76.0 Å². The van der Waals surface area contributed by atoms with Gasteiger partial charge in [-0.25, -0.2) is 0 Å². The first-order valence-corrected chi connectivity index (χ1v) is 11.8. The van der Waals surface area contributed by atoms with Gasteiger partial charge in [-0.3, -0.25) is 4.79 Å². The molecule has 1 aliphatic rings. The summed E-state index contributed by atoms with van der Waals surface area (Å²) < 4.78 is 2.18. The van der Waals surface area contributed by atoms with E-state index in [1.165, 1.54) is 5.56 Å². The van der Waals surface area contributed by atoms with Gasteiger partial charge in [-0.1, -0.05) is 71.9 Å². The largest absolute Gasteiger partial charge is 0.370 e. The van der Waals surface area contributed by atoms with Crippen LogP contribution in [0.25, 0.3) is 22.2 Å². The number of benzene rings is 3. The Hall–Kier alpha value is -3.29. The van der Waals surface area contributed by atoms with Gasteiger partial charge in [0, 0.05) is 35.9 Å². The average Bonchev–Trinajstić information content (AvgIpc) is 3.31. The minimum absolute atomic E-state index is 0. The number of azo groups is 1. The van der Waals surface area contributed by atoms with Crippen LogP contribution in [-0.4, -0.2) is 22.5 Å².